The highest BCUT2D eigenvalue weighted by molar-refractivity contribution is 9.10. The fraction of sp³-hybridized carbons (Fsp3) is 0.417. The Bertz CT molecular complexity index is 1220. The number of ether oxygens (including phenoxy) is 1. The van der Waals surface area contributed by atoms with Crippen LogP contribution in [-0.2, 0) is 24.7 Å². The number of halogens is 1. The molecular weight excluding hydrogens is 534 g/mol. The number of rotatable bonds is 8. The molecule has 2 aromatic heterocycles. The van der Waals surface area contributed by atoms with Crippen molar-refractivity contribution in [1.82, 2.24) is 14.8 Å². The second kappa shape index (κ2) is 10.9. The van der Waals surface area contributed by atoms with Crippen LogP contribution in [0.3, 0.4) is 0 Å². The molecule has 1 N–H and O–H groups in total. The van der Waals surface area contributed by atoms with E-state index in [1.54, 1.807) is 11.3 Å². The molecule has 0 spiro atoms. The molecule has 4 rings (SSSR count). The van der Waals surface area contributed by atoms with Crippen LogP contribution >= 0.6 is 39.0 Å². The summed E-state index contributed by atoms with van der Waals surface area (Å²) in [7, 11) is 1.86. The molecule has 0 saturated carbocycles. The van der Waals surface area contributed by atoms with E-state index in [1.807, 2.05) is 42.8 Å². The average molecular weight is 561 g/mol. The molecule has 1 aromatic carbocycles. The Hall–Kier alpha value is -2.35. The number of thiophene rings is 1. The van der Waals surface area contributed by atoms with Crippen molar-refractivity contribution in [2.75, 3.05) is 11.1 Å². The fourth-order valence-corrected chi connectivity index (χ4v) is 6.39. The molecule has 178 valence electrons. The van der Waals surface area contributed by atoms with Crippen LogP contribution in [0.5, 0.6) is 5.75 Å². The lowest BCUT2D eigenvalue weighted by molar-refractivity contribution is -0.113. The van der Waals surface area contributed by atoms with Crippen LogP contribution in [0.25, 0.3) is 0 Å². The molecule has 2 atom stereocenters. The first-order valence-electron chi connectivity index (χ1n) is 11.2. The number of nitrogens with one attached hydrogen (secondary N) is 1. The Balaban J connectivity index is 1.37. The van der Waals surface area contributed by atoms with Crippen LogP contribution in [0.4, 0.5) is 5.00 Å². The van der Waals surface area contributed by atoms with Gasteiger partial charge < -0.3 is 14.6 Å². The number of hydrogen-bond acceptors (Lipinski definition) is 7. The number of thioether (sulfide) groups is 1. The lowest BCUT2D eigenvalue weighted by Gasteiger charge is -2.20. The first kappa shape index (κ1) is 24.8. The molecule has 0 radical (unpaired) electrons. The van der Waals surface area contributed by atoms with Crippen LogP contribution in [0.1, 0.15) is 54.6 Å². The van der Waals surface area contributed by atoms with Gasteiger partial charge in [0.15, 0.2) is 17.1 Å². The SMILES string of the molecule is CCC1CCc2c(sc(NC(=O)CSc3nnc(C(C)Oc4ccc(Br)cc4)n3C)c2C#N)C1. The van der Waals surface area contributed by atoms with Crippen LogP contribution in [0.2, 0.25) is 0 Å². The summed E-state index contributed by atoms with van der Waals surface area (Å²) in [4.78, 5) is 13.9. The smallest absolute Gasteiger partial charge is 0.235 e. The molecule has 0 saturated heterocycles. The zero-order valence-corrected chi connectivity index (χ0v) is 22.5. The Kier molecular flexibility index (Phi) is 7.96. The van der Waals surface area contributed by atoms with Crippen LogP contribution < -0.4 is 10.1 Å². The Morgan fingerprint density at radius 3 is 2.88 bits per heavy atom. The maximum atomic E-state index is 12.7. The van der Waals surface area contributed by atoms with Gasteiger partial charge >= 0.3 is 0 Å². The van der Waals surface area contributed by atoms with Gasteiger partial charge in [0.25, 0.3) is 0 Å². The highest BCUT2D eigenvalue weighted by Gasteiger charge is 2.26. The summed E-state index contributed by atoms with van der Waals surface area (Å²) in [6.07, 6.45) is 3.86. The topological polar surface area (TPSA) is 92.8 Å². The third-order valence-corrected chi connectivity index (χ3v) is 8.72. The van der Waals surface area contributed by atoms with E-state index in [9.17, 15) is 10.1 Å². The van der Waals surface area contributed by atoms with E-state index in [4.69, 9.17) is 4.74 Å². The third kappa shape index (κ3) is 5.48. The lowest BCUT2D eigenvalue weighted by atomic mass is 9.86. The Labute approximate surface area is 216 Å². The zero-order valence-electron chi connectivity index (χ0n) is 19.3. The predicted octanol–water partition coefficient (Wildman–Crippen LogP) is 5.90. The standard InChI is InChI=1S/C24H26BrN5O2S2/c1-4-15-5-10-18-19(12-26)23(34-20(18)11-15)27-21(31)13-33-24-29-28-22(30(24)3)14(2)32-17-8-6-16(25)7-9-17/h6-9,14-15H,4-5,10-11,13H2,1-3H3,(H,27,31). The number of carbonyl (C=O) groups excluding carboxylic acids is 1. The van der Waals surface area contributed by atoms with Gasteiger partial charge in [-0.1, -0.05) is 41.0 Å². The van der Waals surface area contributed by atoms with Crippen molar-refractivity contribution < 1.29 is 9.53 Å². The summed E-state index contributed by atoms with van der Waals surface area (Å²) < 4.78 is 8.80. The van der Waals surface area contributed by atoms with E-state index in [2.05, 4.69) is 44.4 Å². The molecule has 7 nitrogen and oxygen atoms in total. The molecule has 1 amide bonds. The first-order chi connectivity index (χ1) is 16.4. The molecule has 34 heavy (non-hydrogen) atoms. The number of carbonyl (C=O) groups is 1. The van der Waals surface area contributed by atoms with Gasteiger partial charge in [0.2, 0.25) is 5.91 Å². The van der Waals surface area contributed by atoms with E-state index in [-0.39, 0.29) is 17.8 Å². The van der Waals surface area contributed by atoms with Crippen molar-refractivity contribution in [3.8, 4) is 11.8 Å². The molecule has 0 aliphatic heterocycles. The second-order valence-corrected chi connectivity index (χ2v) is 11.3. The summed E-state index contributed by atoms with van der Waals surface area (Å²) in [6.45, 7) is 4.12. The van der Waals surface area contributed by atoms with Gasteiger partial charge in [0.1, 0.15) is 16.8 Å². The van der Waals surface area contributed by atoms with Crippen molar-refractivity contribution in [1.29, 1.82) is 5.26 Å². The Morgan fingerprint density at radius 2 is 2.18 bits per heavy atom. The van der Waals surface area contributed by atoms with Crippen LogP contribution in [0, 0.1) is 17.2 Å². The van der Waals surface area contributed by atoms with Gasteiger partial charge in [0.05, 0.1) is 11.3 Å². The normalized spacial score (nSPS) is 15.9. The number of nitriles is 1. The number of hydrogen-bond donors (Lipinski definition) is 1. The summed E-state index contributed by atoms with van der Waals surface area (Å²) in [5.74, 6) is 2.10. The zero-order chi connectivity index (χ0) is 24.2. The van der Waals surface area contributed by atoms with E-state index in [0.29, 0.717) is 27.5 Å². The number of aromatic nitrogens is 3. The molecule has 2 unspecified atom stereocenters. The number of anilines is 1. The molecule has 2 heterocycles. The molecule has 1 aliphatic carbocycles. The van der Waals surface area contributed by atoms with Gasteiger partial charge in [-0.3, -0.25) is 4.79 Å². The van der Waals surface area contributed by atoms with E-state index in [1.165, 1.54) is 16.6 Å². The number of benzene rings is 1. The minimum absolute atomic E-state index is 0.157. The predicted molar refractivity (Wildman–Crippen MR) is 138 cm³/mol. The molecule has 1 aliphatic rings. The lowest BCUT2D eigenvalue weighted by Crippen LogP contribution is -2.15. The maximum absolute atomic E-state index is 12.7. The first-order valence-corrected chi connectivity index (χ1v) is 13.8. The largest absolute Gasteiger partial charge is 0.483 e. The number of fused-ring (bicyclic) bond motifs is 1. The monoisotopic (exact) mass is 559 g/mol. The van der Waals surface area contributed by atoms with Crippen molar-refractivity contribution >= 4 is 49.9 Å². The van der Waals surface area contributed by atoms with Gasteiger partial charge in [-0.25, -0.2) is 0 Å². The Morgan fingerprint density at radius 1 is 1.41 bits per heavy atom. The maximum Gasteiger partial charge on any atom is 0.235 e. The van der Waals surface area contributed by atoms with Crippen LogP contribution in [-0.4, -0.2) is 26.4 Å². The third-order valence-electron chi connectivity index (χ3n) is 6.00. The van der Waals surface area contributed by atoms with Gasteiger partial charge in [0, 0.05) is 16.4 Å². The highest BCUT2D eigenvalue weighted by Crippen LogP contribution is 2.40. The van der Waals surface area contributed by atoms with E-state index >= 15 is 0 Å². The molecule has 0 fully saturated rings. The molecular formula is C24H26BrN5O2S2. The number of amides is 1. The van der Waals surface area contributed by atoms with Gasteiger partial charge in [-0.15, -0.1) is 21.5 Å². The fourth-order valence-electron chi connectivity index (χ4n) is 4.08. The van der Waals surface area contributed by atoms with Crippen molar-refractivity contribution in [3.63, 3.8) is 0 Å². The van der Waals surface area contributed by atoms with Gasteiger partial charge in [-0.2, -0.15) is 5.26 Å². The van der Waals surface area contributed by atoms with Crippen LogP contribution in [0.15, 0.2) is 33.9 Å². The van der Waals surface area contributed by atoms with Gasteiger partial charge in [-0.05, 0) is 61.9 Å². The summed E-state index contributed by atoms with van der Waals surface area (Å²) in [6, 6.07) is 9.92. The summed E-state index contributed by atoms with van der Waals surface area (Å²) >= 11 is 6.28. The van der Waals surface area contributed by atoms with E-state index in [0.717, 1.165) is 41.5 Å². The molecule has 0 bridgehead atoms. The minimum atomic E-state index is -0.301. The summed E-state index contributed by atoms with van der Waals surface area (Å²) in [5, 5.41) is 22.4. The molecule has 3 aromatic rings. The molecule has 10 heteroatoms. The second-order valence-electron chi connectivity index (χ2n) is 8.29. The number of nitrogens with zero attached hydrogens (tertiary/aromatic N) is 4. The van der Waals surface area contributed by atoms with Crippen molar-refractivity contribution in [2.45, 2.75) is 50.8 Å². The summed E-state index contributed by atoms with van der Waals surface area (Å²) in [5.41, 5.74) is 1.76. The quantitative estimate of drug-likeness (QED) is 0.345. The van der Waals surface area contributed by atoms with Crippen molar-refractivity contribution in [3.05, 3.63) is 50.6 Å². The van der Waals surface area contributed by atoms with E-state index < -0.39 is 0 Å². The average Bonchev–Trinajstić information content (AvgIpc) is 3.37. The van der Waals surface area contributed by atoms with Crippen molar-refractivity contribution in [2.24, 2.45) is 13.0 Å². The highest BCUT2D eigenvalue weighted by atomic mass is 79.9. The minimum Gasteiger partial charge on any atom is -0.483 e.